The molecule has 0 spiro atoms. The Morgan fingerprint density at radius 2 is 1.78 bits per heavy atom. The molecule has 0 radical (unpaired) electrons. The van der Waals surface area contributed by atoms with Gasteiger partial charge in [-0.25, -0.2) is 0 Å². The second-order valence-corrected chi connectivity index (χ2v) is 5.72. The molecule has 18 heavy (non-hydrogen) atoms. The van der Waals surface area contributed by atoms with Gasteiger partial charge in [-0.05, 0) is 32.8 Å². The molecule has 2 N–H and O–H groups in total. The Balaban J connectivity index is 0.00000289. The first-order chi connectivity index (χ1) is 7.92. The Morgan fingerprint density at radius 1 is 1.22 bits per heavy atom. The molecule has 0 aliphatic heterocycles. The van der Waals surface area contributed by atoms with E-state index in [1.54, 1.807) is 0 Å². The van der Waals surface area contributed by atoms with Gasteiger partial charge in [0.05, 0.1) is 6.10 Å². The van der Waals surface area contributed by atoms with E-state index >= 15 is 0 Å². The number of aliphatic hydroxyl groups excluding tert-OH is 1. The highest BCUT2D eigenvalue weighted by molar-refractivity contribution is 6.18. The van der Waals surface area contributed by atoms with Crippen LogP contribution < -0.4 is 5.32 Å². The van der Waals surface area contributed by atoms with Crippen molar-refractivity contribution in [3.05, 3.63) is 35.9 Å². The van der Waals surface area contributed by atoms with E-state index in [2.05, 4.69) is 38.2 Å². The van der Waals surface area contributed by atoms with Crippen LogP contribution in [0.5, 0.6) is 0 Å². The number of benzene rings is 1. The number of aliphatic hydroxyl groups is 1. The quantitative estimate of drug-likeness (QED) is 0.818. The molecule has 0 amide bonds. The number of hydrogen-bond acceptors (Lipinski definition) is 2. The zero-order valence-corrected chi connectivity index (χ0v) is 12.8. The van der Waals surface area contributed by atoms with Crippen LogP contribution >= 0.6 is 24.0 Å². The van der Waals surface area contributed by atoms with Gasteiger partial charge in [-0.2, -0.15) is 0 Å². The van der Waals surface area contributed by atoms with E-state index in [4.69, 9.17) is 11.6 Å². The molecule has 0 aromatic heterocycles. The Labute approximate surface area is 121 Å². The fraction of sp³-hybridized carbons (Fsp3) is 0.571. The topological polar surface area (TPSA) is 32.3 Å². The van der Waals surface area contributed by atoms with Crippen molar-refractivity contribution in [3.8, 4) is 0 Å². The van der Waals surface area contributed by atoms with Crippen LogP contribution in [0.15, 0.2) is 30.3 Å². The summed E-state index contributed by atoms with van der Waals surface area (Å²) in [7, 11) is 0. The summed E-state index contributed by atoms with van der Waals surface area (Å²) in [5.74, 6) is 0.251. The van der Waals surface area contributed by atoms with Gasteiger partial charge < -0.3 is 10.4 Å². The average Bonchev–Trinajstić information content (AvgIpc) is 2.27. The fourth-order valence-corrected chi connectivity index (χ4v) is 2.03. The van der Waals surface area contributed by atoms with Gasteiger partial charge in [-0.15, -0.1) is 24.0 Å². The van der Waals surface area contributed by atoms with Crippen molar-refractivity contribution in [2.75, 3.05) is 5.88 Å². The molecule has 0 bridgehead atoms. The number of hydrogen-bond donors (Lipinski definition) is 2. The minimum atomic E-state index is -0.531. The van der Waals surface area contributed by atoms with E-state index in [-0.39, 0.29) is 29.9 Å². The summed E-state index contributed by atoms with van der Waals surface area (Å²) in [6, 6.07) is 10.1. The Kier molecular flexibility index (Phi) is 7.88. The highest BCUT2D eigenvalue weighted by Crippen LogP contribution is 2.11. The lowest BCUT2D eigenvalue weighted by molar-refractivity contribution is 0.131. The van der Waals surface area contributed by atoms with Crippen molar-refractivity contribution in [1.82, 2.24) is 5.32 Å². The van der Waals surface area contributed by atoms with Crippen LogP contribution in [0.25, 0.3) is 0 Å². The van der Waals surface area contributed by atoms with Crippen molar-refractivity contribution in [1.29, 1.82) is 0 Å². The summed E-state index contributed by atoms with van der Waals surface area (Å²) in [5, 5.41) is 13.4. The number of rotatable bonds is 5. The van der Waals surface area contributed by atoms with Crippen LogP contribution in [0, 0.1) is 0 Å². The number of nitrogens with one attached hydrogen (secondary N) is 1. The van der Waals surface area contributed by atoms with E-state index in [9.17, 15) is 5.11 Å². The smallest absolute Gasteiger partial charge is 0.0831 e. The summed E-state index contributed by atoms with van der Waals surface area (Å²) < 4.78 is 0. The second kappa shape index (κ2) is 8.00. The summed E-state index contributed by atoms with van der Waals surface area (Å²) in [5.41, 5.74) is 1.17. The monoisotopic (exact) mass is 291 g/mol. The number of alkyl halides is 1. The molecule has 0 heterocycles. The van der Waals surface area contributed by atoms with E-state index in [1.165, 1.54) is 5.56 Å². The van der Waals surface area contributed by atoms with Crippen LogP contribution in [-0.2, 0) is 6.42 Å². The molecular weight excluding hydrogens is 269 g/mol. The normalized spacial score (nSPS) is 14.7. The maximum atomic E-state index is 9.95. The predicted octanol–water partition coefficient (Wildman–Crippen LogP) is 3.01. The molecule has 1 aromatic carbocycles. The minimum Gasteiger partial charge on any atom is -0.390 e. The molecule has 2 unspecified atom stereocenters. The fourth-order valence-electron chi connectivity index (χ4n) is 1.82. The molecule has 1 aromatic rings. The molecule has 0 aliphatic carbocycles. The summed E-state index contributed by atoms with van der Waals surface area (Å²) in [6.07, 6.45) is 0.252. The highest BCUT2D eigenvalue weighted by Gasteiger charge is 2.23. The van der Waals surface area contributed by atoms with Crippen LogP contribution in [-0.4, -0.2) is 28.7 Å². The van der Waals surface area contributed by atoms with Gasteiger partial charge in [0.1, 0.15) is 0 Å². The van der Waals surface area contributed by atoms with Crippen molar-refractivity contribution in [2.24, 2.45) is 0 Å². The van der Waals surface area contributed by atoms with Gasteiger partial charge in [0.15, 0.2) is 0 Å². The summed E-state index contributed by atoms with van der Waals surface area (Å²) >= 11 is 5.75. The van der Waals surface area contributed by atoms with Crippen LogP contribution in [0.2, 0.25) is 0 Å². The Bertz CT molecular complexity index is 324. The first-order valence-electron chi connectivity index (χ1n) is 5.98. The molecule has 0 saturated heterocycles. The third-order valence-electron chi connectivity index (χ3n) is 2.54. The molecule has 2 atom stereocenters. The first-order valence-corrected chi connectivity index (χ1v) is 6.51. The summed E-state index contributed by atoms with van der Waals surface area (Å²) in [4.78, 5) is 0. The third-order valence-corrected chi connectivity index (χ3v) is 2.86. The van der Waals surface area contributed by atoms with Crippen molar-refractivity contribution >= 4 is 24.0 Å². The lowest BCUT2D eigenvalue weighted by Gasteiger charge is -2.31. The van der Waals surface area contributed by atoms with E-state index in [0.29, 0.717) is 0 Å². The van der Waals surface area contributed by atoms with Crippen LogP contribution in [0.4, 0.5) is 0 Å². The average molecular weight is 292 g/mol. The Hall–Kier alpha value is -0.280. The van der Waals surface area contributed by atoms with Gasteiger partial charge in [-0.3, -0.25) is 0 Å². The zero-order valence-electron chi connectivity index (χ0n) is 11.2. The highest BCUT2D eigenvalue weighted by atomic mass is 35.5. The zero-order chi connectivity index (χ0) is 12.9. The predicted molar refractivity (Wildman–Crippen MR) is 80.8 cm³/mol. The van der Waals surface area contributed by atoms with Gasteiger partial charge in [-0.1, -0.05) is 30.3 Å². The Morgan fingerprint density at radius 3 is 2.22 bits per heavy atom. The molecule has 0 saturated carbocycles. The molecule has 4 heteroatoms. The van der Waals surface area contributed by atoms with Crippen molar-refractivity contribution in [3.63, 3.8) is 0 Å². The first kappa shape index (κ1) is 17.7. The molecular formula is C14H23Cl2NO. The second-order valence-electron chi connectivity index (χ2n) is 5.41. The maximum absolute atomic E-state index is 9.95. The summed E-state index contributed by atoms with van der Waals surface area (Å²) in [6.45, 7) is 6.27. The third kappa shape index (κ3) is 6.60. The maximum Gasteiger partial charge on any atom is 0.0831 e. The van der Waals surface area contributed by atoms with Gasteiger partial charge in [0.25, 0.3) is 0 Å². The lowest BCUT2D eigenvalue weighted by atomic mass is 9.98. The van der Waals surface area contributed by atoms with E-state index in [0.717, 1.165) is 6.42 Å². The van der Waals surface area contributed by atoms with Crippen molar-refractivity contribution in [2.45, 2.75) is 44.9 Å². The lowest BCUT2D eigenvalue weighted by Crippen LogP contribution is -2.51. The van der Waals surface area contributed by atoms with Gasteiger partial charge >= 0.3 is 0 Å². The molecule has 104 valence electrons. The van der Waals surface area contributed by atoms with Crippen molar-refractivity contribution < 1.29 is 5.11 Å². The number of halogens is 2. The van der Waals surface area contributed by atoms with E-state index in [1.807, 2.05) is 18.2 Å². The van der Waals surface area contributed by atoms with Crippen LogP contribution in [0.3, 0.4) is 0 Å². The minimum absolute atomic E-state index is 0. The molecule has 2 nitrogen and oxygen atoms in total. The molecule has 0 aliphatic rings. The van der Waals surface area contributed by atoms with Gasteiger partial charge in [0, 0.05) is 17.5 Å². The van der Waals surface area contributed by atoms with E-state index < -0.39 is 6.10 Å². The largest absolute Gasteiger partial charge is 0.390 e. The molecule has 0 fully saturated rings. The standard InChI is InChI=1S/C14H22ClNO.ClH/c1-14(2,3)16-12(13(17)10-15)9-11-7-5-4-6-8-11;/h4-8,12-13,16-17H,9-10H2,1-3H3;1H. The molecule has 1 rings (SSSR count). The SMILES string of the molecule is CC(C)(C)NC(Cc1ccccc1)C(O)CCl.Cl. The van der Waals surface area contributed by atoms with Gasteiger partial charge in [0.2, 0.25) is 0 Å². The van der Waals surface area contributed by atoms with Crippen LogP contribution in [0.1, 0.15) is 26.3 Å².